The molecule has 1 aliphatic rings. The smallest absolute Gasteiger partial charge is 0.404 e. The Labute approximate surface area is 141 Å². The molecule has 1 aromatic heterocycles. The second-order valence-electron chi connectivity index (χ2n) is 5.47. The number of nitrogens with zero attached hydrogens (tertiary/aromatic N) is 3. The second kappa shape index (κ2) is 6.96. The molecule has 9 heteroatoms. The molecule has 6 nitrogen and oxygen atoms in total. The topological polar surface area (TPSA) is 67.3 Å². The van der Waals surface area contributed by atoms with Crippen LogP contribution in [0.1, 0.15) is 23.3 Å². The first-order valence-electron chi connectivity index (χ1n) is 7.67. The van der Waals surface area contributed by atoms with Crippen molar-refractivity contribution in [3.8, 4) is 5.75 Å². The minimum absolute atomic E-state index is 0.00441. The average Bonchev–Trinajstić information content (AvgIpc) is 3.10. The van der Waals surface area contributed by atoms with Crippen LogP contribution in [0.5, 0.6) is 5.75 Å². The largest absolute Gasteiger partial charge is 0.573 e. The quantitative estimate of drug-likeness (QED) is 0.915. The van der Waals surface area contributed by atoms with Gasteiger partial charge in [-0.05, 0) is 37.1 Å². The summed E-state index contributed by atoms with van der Waals surface area (Å²) in [7, 11) is 0. The van der Waals surface area contributed by atoms with Gasteiger partial charge < -0.3 is 15.0 Å². The van der Waals surface area contributed by atoms with Gasteiger partial charge in [0.15, 0.2) is 17.3 Å². The number of carbonyl (C=O) groups excluding carboxylic acids is 1. The van der Waals surface area contributed by atoms with E-state index in [2.05, 4.69) is 25.2 Å². The van der Waals surface area contributed by atoms with Crippen molar-refractivity contribution in [2.75, 3.05) is 23.3 Å². The maximum atomic E-state index is 12.4. The van der Waals surface area contributed by atoms with Gasteiger partial charge >= 0.3 is 6.36 Å². The van der Waals surface area contributed by atoms with Crippen LogP contribution in [-0.4, -0.2) is 35.6 Å². The fourth-order valence-corrected chi connectivity index (χ4v) is 2.53. The lowest BCUT2D eigenvalue weighted by Gasteiger charge is -2.15. The molecule has 1 saturated heterocycles. The molecule has 0 unspecified atom stereocenters. The van der Waals surface area contributed by atoms with Crippen molar-refractivity contribution in [1.29, 1.82) is 0 Å². The Hall–Kier alpha value is -2.84. The molecule has 3 rings (SSSR count). The molecule has 1 fully saturated rings. The van der Waals surface area contributed by atoms with Crippen LogP contribution in [0, 0.1) is 0 Å². The summed E-state index contributed by atoms with van der Waals surface area (Å²) >= 11 is 0. The number of ether oxygens (including phenoxy) is 1. The van der Waals surface area contributed by atoms with E-state index in [4.69, 9.17) is 0 Å². The SMILES string of the molecule is O=C(Nc1ccccc1OC(F)(F)F)c1ccc(N2CCCC2)nn1. The number of benzene rings is 1. The Balaban J connectivity index is 1.72. The van der Waals surface area contributed by atoms with Gasteiger partial charge in [0.05, 0.1) is 5.69 Å². The zero-order chi connectivity index (χ0) is 17.9. The van der Waals surface area contributed by atoms with Crippen LogP contribution in [0.25, 0.3) is 0 Å². The standard InChI is InChI=1S/C16H15F3N4O2/c17-16(18,19)25-13-6-2-1-5-11(13)20-15(24)12-7-8-14(22-21-12)23-9-3-4-10-23/h1-2,5-8H,3-4,9-10H2,(H,20,24). The highest BCUT2D eigenvalue weighted by molar-refractivity contribution is 6.03. The van der Waals surface area contributed by atoms with Crippen molar-refractivity contribution < 1.29 is 22.7 Å². The van der Waals surface area contributed by atoms with Crippen molar-refractivity contribution in [1.82, 2.24) is 10.2 Å². The molecule has 2 heterocycles. The summed E-state index contributed by atoms with van der Waals surface area (Å²) in [5, 5.41) is 10.2. The number of aromatic nitrogens is 2. The predicted octanol–water partition coefficient (Wildman–Crippen LogP) is 3.23. The van der Waals surface area contributed by atoms with Crippen LogP contribution in [0.4, 0.5) is 24.7 Å². The first-order valence-corrected chi connectivity index (χ1v) is 7.67. The van der Waals surface area contributed by atoms with Gasteiger partial charge in [0.1, 0.15) is 0 Å². The van der Waals surface area contributed by atoms with Gasteiger partial charge in [-0.1, -0.05) is 12.1 Å². The van der Waals surface area contributed by atoms with Crippen molar-refractivity contribution in [2.45, 2.75) is 19.2 Å². The normalized spacial score (nSPS) is 14.4. The van der Waals surface area contributed by atoms with Gasteiger partial charge in [-0.2, -0.15) is 0 Å². The lowest BCUT2D eigenvalue weighted by Crippen LogP contribution is -2.21. The Kier molecular flexibility index (Phi) is 4.73. The summed E-state index contributed by atoms with van der Waals surface area (Å²) in [6, 6.07) is 8.45. The highest BCUT2D eigenvalue weighted by Crippen LogP contribution is 2.30. The molecular weight excluding hydrogens is 337 g/mol. The average molecular weight is 352 g/mol. The highest BCUT2D eigenvalue weighted by Gasteiger charge is 2.32. The number of amides is 1. The van der Waals surface area contributed by atoms with Crippen LogP contribution in [0.3, 0.4) is 0 Å². The first-order chi connectivity index (χ1) is 11.9. The molecule has 1 N–H and O–H groups in total. The fraction of sp³-hybridized carbons (Fsp3) is 0.312. The van der Waals surface area contributed by atoms with E-state index in [1.807, 2.05) is 0 Å². The van der Waals surface area contributed by atoms with Crippen molar-refractivity contribution in [3.63, 3.8) is 0 Å². The van der Waals surface area contributed by atoms with Crippen LogP contribution in [0.15, 0.2) is 36.4 Å². The first kappa shape index (κ1) is 17.0. The summed E-state index contributed by atoms with van der Waals surface area (Å²) < 4.78 is 41.1. The number of nitrogens with one attached hydrogen (secondary N) is 1. The Morgan fingerprint density at radius 3 is 2.44 bits per heavy atom. The molecule has 0 atom stereocenters. The zero-order valence-corrected chi connectivity index (χ0v) is 13.1. The Morgan fingerprint density at radius 1 is 1.08 bits per heavy atom. The fourth-order valence-electron chi connectivity index (χ4n) is 2.53. The highest BCUT2D eigenvalue weighted by atomic mass is 19.4. The number of alkyl halides is 3. The van der Waals surface area contributed by atoms with Crippen LogP contribution < -0.4 is 15.0 Å². The van der Waals surface area contributed by atoms with Crippen LogP contribution in [0.2, 0.25) is 0 Å². The monoisotopic (exact) mass is 352 g/mol. The number of para-hydroxylation sites is 2. The molecule has 0 bridgehead atoms. The molecule has 0 saturated carbocycles. The van der Waals surface area contributed by atoms with E-state index in [-0.39, 0.29) is 11.4 Å². The van der Waals surface area contributed by atoms with E-state index in [1.54, 1.807) is 6.07 Å². The van der Waals surface area contributed by atoms with Crippen molar-refractivity contribution in [3.05, 3.63) is 42.1 Å². The van der Waals surface area contributed by atoms with Gasteiger partial charge in [0, 0.05) is 13.1 Å². The second-order valence-corrected chi connectivity index (χ2v) is 5.47. The summed E-state index contributed by atoms with van der Waals surface area (Å²) in [5.74, 6) is -0.487. The van der Waals surface area contributed by atoms with Gasteiger partial charge in [-0.3, -0.25) is 4.79 Å². The van der Waals surface area contributed by atoms with E-state index >= 15 is 0 Å². The molecule has 1 amide bonds. The van der Waals surface area contributed by atoms with E-state index in [9.17, 15) is 18.0 Å². The number of rotatable bonds is 4. The molecule has 132 valence electrons. The molecule has 0 spiro atoms. The summed E-state index contributed by atoms with van der Waals surface area (Å²) in [6.07, 6.45) is -2.68. The van der Waals surface area contributed by atoms with E-state index in [0.717, 1.165) is 32.0 Å². The maximum Gasteiger partial charge on any atom is 0.573 e. The minimum atomic E-state index is -4.85. The maximum absolute atomic E-state index is 12.4. The van der Waals surface area contributed by atoms with Gasteiger partial charge in [0.25, 0.3) is 5.91 Å². The molecule has 1 aromatic carbocycles. The van der Waals surface area contributed by atoms with E-state index in [0.29, 0.717) is 5.82 Å². The van der Waals surface area contributed by atoms with Crippen LogP contribution in [-0.2, 0) is 0 Å². The minimum Gasteiger partial charge on any atom is -0.404 e. The third kappa shape index (κ3) is 4.37. The number of halogens is 3. The predicted molar refractivity (Wildman–Crippen MR) is 84.6 cm³/mol. The molecule has 2 aromatic rings. The third-order valence-electron chi connectivity index (χ3n) is 3.67. The summed E-state index contributed by atoms with van der Waals surface area (Å²) in [4.78, 5) is 14.3. The van der Waals surface area contributed by atoms with Gasteiger partial charge in [-0.25, -0.2) is 0 Å². The number of anilines is 2. The Bertz CT molecular complexity index is 744. The third-order valence-corrected chi connectivity index (χ3v) is 3.67. The molecular formula is C16H15F3N4O2. The summed E-state index contributed by atoms with van der Waals surface area (Å²) in [6.45, 7) is 1.78. The molecule has 1 aliphatic heterocycles. The molecule has 0 aliphatic carbocycles. The zero-order valence-electron chi connectivity index (χ0n) is 13.1. The molecule has 0 radical (unpaired) electrons. The number of hydrogen-bond acceptors (Lipinski definition) is 5. The van der Waals surface area contributed by atoms with Gasteiger partial charge in [0.2, 0.25) is 0 Å². The Morgan fingerprint density at radius 2 is 1.80 bits per heavy atom. The van der Waals surface area contributed by atoms with Crippen molar-refractivity contribution in [2.24, 2.45) is 0 Å². The number of hydrogen-bond donors (Lipinski definition) is 1. The number of carbonyl (C=O) groups is 1. The summed E-state index contributed by atoms with van der Waals surface area (Å²) in [5.41, 5.74) is -0.0972. The van der Waals surface area contributed by atoms with Crippen LogP contribution >= 0.6 is 0 Å². The lowest BCUT2D eigenvalue weighted by molar-refractivity contribution is -0.274. The van der Waals surface area contributed by atoms with Crippen molar-refractivity contribution >= 4 is 17.4 Å². The van der Waals surface area contributed by atoms with Gasteiger partial charge in [-0.15, -0.1) is 23.4 Å². The van der Waals surface area contributed by atoms with E-state index in [1.165, 1.54) is 24.3 Å². The van der Waals surface area contributed by atoms with E-state index < -0.39 is 18.0 Å². The lowest BCUT2D eigenvalue weighted by atomic mass is 10.2. The molecule has 25 heavy (non-hydrogen) atoms.